The zero-order valence-corrected chi connectivity index (χ0v) is 19.3. The minimum Gasteiger partial charge on any atom is -0.483 e. The van der Waals surface area contributed by atoms with Crippen LogP contribution in [0.3, 0.4) is 0 Å². The number of nitrogens with one attached hydrogen (secondary N) is 1. The monoisotopic (exact) mass is 456 g/mol. The molecule has 1 heterocycles. The van der Waals surface area contributed by atoms with Crippen LogP contribution in [0.2, 0.25) is 5.02 Å². The molecule has 1 N–H and O–H groups in total. The zero-order chi connectivity index (χ0) is 22.4. The van der Waals surface area contributed by atoms with Crippen LogP contribution in [0.15, 0.2) is 60.3 Å². The lowest BCUT2D eigenvalue weighted by Crippen LogP contribution is -2.15. The molecule has 162 valence electrons. The molecule has 3 aromatic rings. The minimum absolute atomic E-state index is 0.109. The number of carbonyl (C=O) groups is 1. The average Bonchev–Trinajstić information content (AvgIpc) is 3.14. The molecule has 0 saturated heterocycles. The molecule has 8 heteroatoms. The van der Waals surface area contributed by atoms with E-state index in [0.29, 0.717) is 17.5 Å². The Morgan fingerprint density at radius 3 is 2.58 bits per heavy atom. The van der Waals surface area contributed by atoms with Crippen molar-refractivity contribution < 1.29 is 9.53 Å². The third-order valence-electron chi connectivity index (χ3n) is 4.53. The molecule has 3 rings (SSSR count). The highest BCUT2D eigenvalue weighted by atomic mass is 35.5. The SMILES string of the molecule is C=CCn1c(SCC(=O)Nc2ccccc2)nnc1C(C)Oc1cc(C)c(Cl)c(C)c1. The van der Waals surface area contributed by atoms with E-state index in [1.54, 1.807) is 6.08 Å². The van der Waals surface area contributed by atoms with Crippen LogP contribution in [-0.4, -0.2) is 26.4 Å². The summed E-state index contributed by atoms with van der Waals surface area (Å²) >= 11 is 7.58. The number of hydrogen-bond donors (Lipinski definition) is 1. The molecule has 31 heavy (non-hydrogen) atoms. The van der Waals surface area contributed by atoms with Gasteiger partial charge in [-0.1, -0.05) is 47.6 Å². The van der Waals surface area contributed by atoms with E-state index in [1.165, 1.54) is 11.8 Å². The van der Waals surface area contributed by atoms with E-state index in [-0.39, 0.29) is 17.8 Å². The molecule has 0 bridgehead atoms. The van der Waals surface area contributed by atoms with Crippen molar-refractivity contribution in [1.29, 1.82) is 0 Å². The fraction of sp³-hybridized carbons (Fsp3) is 0.261. The summed E-state index contributed by atoms with van der Waals surface area (Å²) in [7, 11) is 0. The highest BCUT2D eigenvalue weighted by Gasteiger charge is 2.20. The first kappa shape index (κ1) is 22.9. The number of benzene rings is 2. The summed E-state index contributed by atoms with van der Waals surface area (Å²) in [5, 5.41) is 12.8. The number of nitrogens with zero attached hydrogens (tertiary/aromatic N) is 3. The number of ether oxygens (including phenoxy) is 1. The number of aromatic nitrogens is 3. The number of rotatable bonds is 9. The van der Waals surface area contributed by atoms with Gasteiger partial charge in [0.05, 0.1) is 5.75 Å². The quantitative estimate of drug-likeness (QED) is 0.335. The van der Waals surface area contributed by atoms with Crippen LogP contribution in [-0.2, 0) is 11.3 Å². The Kier molecular flexibility index (Phi) is 7.76. The fourth-order valence-electron chi connectivity index (χ4n) is 3.09. The second-order valence-corrected chi connectivity index (χ2v) is 8.39. The number of thioether (sulfide) groups is 1. The zero-order valence-electron chi connectivity index (χ0n) is 17.8. The van der Waals surface area contributed by atoms with Gasteiger partial charge in [0, 0.05) is 17.3 Å². The van der Waals surface area contributed by atoms with E-state index in [9.17, 15) is 4.79 Å². The van der Waals surface area contributed by atoms with Gasteiger partial charge in [0.1, 0.15) is 5.75 Å². The number of aryl methyl sites for hydroxylation is 2. The lowest BCUT2D eigenvalue weighted by atomic mass is 10.1. The molecule has 1 amide bonds. The van der Waals surface area contributed by atoms with Gasteiger partial charge >= 0.3 is 0 Å². The maximum Gasteiger partial charge on any atom is 0.234 e. The van der Waals surface area contributed by atoms with Crippen LogP contribution in [0.25, 0.3) is 0 Å². The van der Waals surface area contributed by atoms with E-state index in [2.05, 4.69) is 22.1 Å². The van der Waals surface area contributed by atoms with Gasteiger partial charge in [-0.05, 0) is 56.2 Å². The Morgan fingerprint density at radius 1 is 1.26 bits per heavy atom. The normalized spacial score (nSPS) is 11.7. The number of carbonyl (C=O) groups excluding carboxylic acids is 1. The molecule has 0 spiro atoms. The van der Waals surface area contributed by atoms with Gasteiger partial charge in [0.2, 0.25) is 5.91 Å². The average molecular weight is 457 g/mol. The predicted octanol–water partition coefficient (Wildman–Crippen LogP) is 5.61. The highest BCUT2D eigenvalue weighted by molar-refractivity contribution is 7.99. The first-order chi connectivity index (χ1) is 14.9. The summed E-state index contributed by atoms with van der Waals surface area (Å²) in [6, 6.07) is 13.2. The van der Waals surface area contributed by atoms with Gasteiger partial charge in [0.25, 0.3) is 0 Å². The van der Waals surface area contributed by atoms with E-state index in [0.717, 1.165) is 27.6 Å². The number of anilines is 1. The number of hydrogen-bond acceptors (Lipinski definition) is 5. The molecular formula is C23H25ClN4O2S. The van der Waals surface area contributed by atoms with Crippen LogP contribution in [0.5, 0.6) is 5.75 Å². The third-order valence-corrected chi connectivity index (χ3v) is 6.10. The van der Waals surface area contributed by atoms with Crippen molar-refractivity contribution in [2.45, 2.75) is 38.6 Å². The fourth-order valence-corrected chi connectivity index (χ4v) is 3.95. The Hall–Kier alpha value is -2.77. The number of para-hydroxylation sites is 1. The standard InChI is InChI=1S/C23H25ClN4O2S/c1-5-11-28-22(17(4)30-19-12-15(2)21(24)16(3)13-19)26-27-23(28)31-14-20(29)25-18-9-7-6-8-10-18/h5-10,12-13,17H,1,11,14H2,2-4H3,(H,25,29). The Labute approximate surface area is 191 Å². The molecule has 1 aromatic heterocycles. The summed E-state index contributed by atoms with van der Waals surface area (Å²) in [5.74, 6) is 1.49. The maximum absolute atomic E-state index is 12.3. The Bertz CT molecular complexity index is 1050. The predicted molar refractivity (Wildman–Crippen MR) is 126 cm³/mol. The van der Waals surface area contributed by atoms with Crippen molar-refractivity contribution in [3.8, 4) is 5.75 Å². The van der Waals surface area contributed by atoms with Crippen LogP contribution in [0, 0.1) is 13.8 Å². The molecular weight excluding hydrogens is 432 g/mol. The van der Waals surface area contributed by atoms with Crippen LogP contribution >= 0.6 is 23.4 Å². The summed E-state index contributed by atoms with van der Waals surface area (Å²) in [6.07, 6.45) is 1.42. The largest absolute Gasteiger partial charge is 0.483 e. The molecule has 1 unspecified atom stereocenters. The molecule has 6 nitrogen and oxygen atoms in total. The Balaban J connectivity index is 1.70. The minimum atomic E-state index is -0.347. The smallest absolute Gasteiger partial charge is 0.234 e. The van der Waals surface area contributed by atoms with E-state index in [1.807, 2.05) is 67.8 Å². The second-order valence-electron chi connectivity index (χ2n) is 7.07. The molecule has 0 aliphatic heterocycles. The van der Waals surface area contributed by atoms with Crippen LogP contribution in [0.1, 0.15) is 30.0 Å². The lowest BCUT2D eigenvalue weighted by Gasteiger charge is -2.17. The number of halogens is 1. The van der Waals surface area contributed by atoms with Gasteiger partial charge in [-0.25, -0.2) is 0 Å². The van der Waals surface area contributed by atoms with Crippen molar-refractivity contribution in [2.24, 2.45) is 0 Å². The first-order valence-electron chi connectivity index (χ1n) is 9.84. The summed E-state index contributed by atoms with van der Waals surface area (Å²) in [6.45, 7) is 10.1. The summed E-state index contributed by atoms with van der Waals surface area (Å²) in [4.78, 5) is 12.3. The molecule has 2 aromatic carbocycles. The van der Waals surface area contributed by atoms with Crippen LogP contribution in [0.4, 0.5) is 5.69 Å². The Morgan fingerprint density at radius 2 is 1.94 bits per heavy atom. The van der Waals surface area contributed by atoms with Gasteiger partial charge in [0.15, 0.2) is 17.1 Å². The summed E-state index contributed by atoms with van der Waals surface area (Å²) < 4.78 is 8.03. The van der Waals surface area contributed by atoms with Gasteiger partial charge in [-0.2, -0.15) is 0 Å². The molecule has 0 aliphatic carbocycles. The molecule has 1 atom stereocenters. The topological polar surface area (TPSA) is 69.0 Å². The number of allylic oxidation sites excluding steroid dienone is 1. The lowest BCUT2D eigenvalue weighted by molar-refractivity contribution is -0.113. The molecule has 0 fully saturated rings. The van der Waals surface area contributed by atoms with E-state index >= 15 is 0 Å². The highest BCUT2D eigenvalue weighted by Crippen LogP contribution is 2.29. The second kappa shape index (κ2) is 10.5. The number of amides is 1. The van der Waals surface area contributed by atoms with Gasteiger partial charge in [-0.15, -0.1) is 16.8 Å². The van der Waals surface area contributed by atoms with Crippen molar-refractivity contribution in [2.75, 3.05) is 11.1 Å². The van der Waals surface area contributed by atoms with Crippen LogP contribution < -0.4 is 10.1 Å². The van der Waals surface area contributed by atoms with Crippen molar-refractivity contribution >= 4 is 35.0 Å². The first-order valence-corrected chi connectivity index (χ1v) is 11.2. The van der Waals surface area contributed by atoms with Crippen molar-refractivity contribution in [1.82, 2.24) is 14.8 Å². The van der Waals surface area contributed by atoms with Gasteiger partial charge < -0.3 is 10.1 Å². The van der Waals surface area contributed by atoms with Crippen molar-refractivity contribution in [3.05, 3.63) is 77.1 Å². The third kappa shape index (κ3) is 5.89. The van der Waals surface area contributed by atoms with E-state index < -0.39 is 0 Å². The van der Waals surface area contributed by atoms with Crippen molar-refractivity contribution in [3.63, 3.8) is 0 Å². The molecule has 0 aliphatic rings. The molecule has 0 radical (unpaired) electrons. The molecule has 0 saturated carbocycles. The maximum atomic E-state index is 12.3. The van der Waals surface area contributed by atoms with Gasteiger partial charge in [-0.3, -0.25) is 9.36 Å². The summed E-state index contributed by atoms with van der Waals surface area (Å²) in [5.41, 5.74) is 2.67. The van der Waals surface area contributed by atoms with E-state index in [4.69, 9.17) is 16.3 Å².